The summed E-state index contributed by atoms with van der Waals surface area (Å²) in [7, 11) is 0. The monoisotopic (exact) mass is 177 g/mol. The van der Waals surface area contributed by atoms with Gasteiger partial charge in [-0.1, -0.05) is 13.8 Å². The molecule has 0 rings (SSSR count). The van der Waals surface area contributed by atoms with E-state index in [1.54, 1.807) is 6.92 Å². The van der Waals surface area contributed by atoms with Crippen LogP contribution in [0.1, 0.15) is 33.1 Å². The van der Waals surface area contributed by atoms with Crippen molar-refractivity contribution in [2.45, 2.75) is 39.2 Å². The molecule has 0 heterocycles. The highest BCUT2D eigenvalue weighted by molar-refractivity contribution is 5.82. The first-order chi connectivity index (χ1) is 5.13. The van der Waals surface area contributed by atoms with Crippen molar-refractivity contribution in [1.82, 2.24) is 6.15 Å². The number of nitro groups is 1. The summed E-state index contributed by atoms with van der Waals surface area (Å²) in [4.78, 5) is 20.7. The van der Waals surface area contributed by atoms with E-state index in [9.17, 15) is 14.9 Å². The molecule has 5 nitrogen and oxygen atoms in total. The van der Waals surface area contributed by atoms with Crippen LogP contribution in [0, 0.1) is 10.1 Å². The van der Waals surface area contributed by atoms with Gasteiger partial charge in [-0.2, -0.15) is 0 Å². The van der Waals surface area contributed by atoms with E-state index in [0.29, 0.717) is 19.3 Å². The quantitative estimate of drug-likeness (QED) is 0.512. The van der Waals surface area contributed by atoms with E-state index in [1.807, 2.05) is 6.92 Å². The Kier molecular flexibility index (Phi) is 7.62. The lowest BCUT2D eigenvalue weighted by Crippen LogP contribution is -2.28. The van der Waals surface area contributed by atoms with Crippen molar-refractivity contribution < 1.29 is 9.72 Å². The van der Waals surface area contributed by atoms with Gasteiger partial charge in [-0.05, 0) is 6.42 Å². The van der Waals surface area contributed by atoms with E-state index in [-0.39, 0.29) is 11.9 Å². The molecule has 0 aromatic carbocycles. The normalized spacial score (nSPS) is 11.5. The number of carbonyl (C=O) groups is 1. The van der Waals surface area contributed by atoms with Gasteiger partial charge < -0.3 is 6.15 Å². The molecular formula is C7H17N2O3+. The van der Waals surface area contributed by atoms with Gasteiger partial charge in [-0.3, -0.25) is 14.9 Å². The van der Waals surface area contributed by atoms with Crippen LogP contribution in [-0.4, -0.2) is 16.7 Å². The molecule has 0 amide bonds. The number of quaternary nitrogens is 1. The third kappa shape index (κ3) is 4.02. The van der Waals surface area contributed by atoms with Crippen molar-refractivity contribution in [3.63, 3.8) is 0 Å². The Morgan fingerprint density at radius 3 is 2.25 bits per heavy atom. The van der Waals surface area contributed by atoms with Crippen molar-refractivity contribution in [3.8, 4) is 0 Å². The highest BCUT2D eigenvalue weighted by Crippen LogP contribution is 2.02. The zero-order chi connectivity index (χ0) is 8.85. The number of ketones is 1. The average molecular weight is 177 g/mol. The summed E-state index contributed by atoms with van der Waals surface area (Å²) >= 11 is 0. The van der Waals surface area contributed by atoms with Gasteiger partial charge in [0.05, 0.1) is 0 Å². The molecule has 0 aliphatic rings. The van der Waals surface area contributed by atoms with Crippen molar-refractivity contribution in [3.05, 3.63) is 10.1 Å². The van der Waals surface area contributed by atoms with E-state index >= 15 is 0 Å². The summed E-state index contributed by atoms with van der Waals surface area (Å²) < 4.78 is 0. The van der Waals surface area contributed by atoms with E-state index in [2.05, 4.69) is 0 Å². The number of rotatable bonds is 5. The second-order valence-electron chi connectivity index (χ2n) is 2.43. The topological polar surface area (TPSA) is 96.7 Å². The Labute approximate surface area is 71.9 Å². The summed E-state index contributed by atoms with van der Waals surface area (Å²) in [5.41, 5.74) is 0. The lowest BCUT2D eigenvalue weighted by atomic mass is 10.1. The van der Waals surface area contributed by atoms with Crippen LogP contribution in [0.5, 0.6) is 0 Å². The van der Waals surface area contributed by atoms with Gasteiger partial charge >= 0.3 is 0 Å². The number of Topliss-reactive ketones (excluding diaryl/α,β-unsaturated/α-hetero) is 1. The molecule has 0 aromatic rings. The Balaban J connectivity index is 0. The smallest absolute Gasteiger partial charge is 0.270 e. The SMILES string of the molecule is CCCC(=O)C(CC)[N+](=O)[O-].[NH4+]. The molecule has 0 saturated carbocycles. The van der Waals surface area contributed by atoms with E-state index < -0.39 is 11.0 Å². The van der Waals surface area contributed by atoms with E-state index in [1.165, 1.54) is 0 Å². The molecule has 4 N–H and O–H groups in total. The van der Waals surface area contributed by atoms with Gasteiger partial charge in [0.1, 0.15) is 0 Å². The summed E-state index contributed by atoms with van der Waals surface area (Å²) in [5.74, 6) is -0.250. The molecule has 0 bridgehead atoms. The van der Waals surface area contributed by atoms with Crippen molar-refractivity contribution in [1.29, 1.82) is 0 Å². The lowest BCUT2D eigenvalue weighted by Gasteiger charge is -2.03. The summed E-state index contributed by atoms with van der Waals surface area (Å²) in [6, 6.07) is -0.977. The van der Waals surface area contributed by atoms with Gasteiger partial charge in [0.15, 0.2) is 0 Å². The molecule has 0 fully saturated rings. The third-order valence-corrected chi connectivity index (χ3v) is 1.51. The molecular weight excluding hydrogens is 160 g/mol. The van der Waals surface area contributed by atoms with E-state index in [4.69, 9.17) is 0 Å². The largest absolute Gasteiger partial charge is 0.369 e. The molecule has 1 atom stereocenters. The predicted molar refractivity (Wildman–Crippen MR) is 47.0 cm³/mol. The first-order valence-electron chi connectivity index (χ1n) is 3.79. The van der Waals surface area contributed by atoms with Gasteiger partial charge in [-0.15, -0.1) is 0 Å². The molecule has 0 aliphatic carbocycles. The second kappa shape index (κ2) is 6.72. The van der Waals surface area contributed by atoms with Gasteiger partial charge in [-0.25, -0.2) is 0 Å². The maximum Gasteiger partial charge on any atom is 0.270 e. The second-order valence-corrected chi connectivity index (χ2v) is 2.43. The molecule has 0 spiro atoms. The zero-order valence-electron chi connectivity index (χ0n) is 7.87. The van der Waals surface area contributed by atoms with Crippen LogP contribution in [0.3, 0.4) is 0 Å². The number of hydrogen-bond acceptors (Lipinski definition) is 3. The predicted octanol–water partition coefficient (Wildman–Crippen LogP) is 1.79. The minimum Gasteiger partial charge on any atom is -0.369 e. The average Bonchev–Trinajstić information content (AvgIpc) is 1.88. The molecule has 0 aromatic heterocycles. The van der Waals surface area contributed by atoms with Crippen molar-refractivity contribution >= 4 is 5.78 Å². The van der Waals surface area contributed by atoms with Crippen LogP contribution in [0.4, 0.5) is 0 Å². The molecule has 0 aliphatic heterocycles. The van der Waals surface area contributed by atoms with Crippen LogP contribution in [-0.2, 0) is 4.79 Å². The highest BCUT2D eigenvalue weighted by Gasteiger charge is 2.25. The standard InChI is InChI=1S/C7H13NO3.H3N/c1-3-5-7(9)6(4-2)8(10)11;/h6H,3-5H2,1-2H3;1H3/p+1. The zero-order valence-corrected chi connectivity index (χ0v) is 7.87. The molecule has 0 saturated heterocycles. The fourth-order valence-corrected chi connectivity index (χ4v) is 0.907. The first kappa shape index (κ1) is 13.6. The maximum absolute atomic E-state index is 11.0. The van der Waals surface area contributed by atoms with Gasteiger partial charge in [0.2, 0.25) is 5.78 Å². The van der Waals surface area contributed by atoms with Gasteiger partial charge in [0, 0.05) is 17.8 Å². The Morgan fingerprint density at radius 1 is 1.50 bits per heavy atom. The van der Waals surface area contributed by atoms with Crippen LogP contribution >= 0.6 is 0 Å². The first-order valence-corrected chi connectivity index (χ1v) is 3.79. The molecule has 12 heavy (non-hydrogen) atoms. The number of nitrogens with zero attached hydrogens (tertiary/aromatic N) is 1. The van der Waals surface area contributed by atoms with Crippen LogP contribution in [0.25, 0.3) is 0 Å². The van der Waals surface area contributed by atoms with Crippen LogP contribution < -0.4 is 6.15 Å². The Hall–Kier alpha value is -0.970. The summed E-state index contributed by atoms with van der Waals surface area (Å²) in [6.07, 6.45) is 1.30. The molecule has 72 valence electrons. The van der Waals surface area contributed by atoms with Crippen LogP contribution in [0.2, 0.25) is 0 Å². The minimum atomic E-state index is -0.977. The Bertz CT molecular complexity index is 159. The fourth-order valence-electron chi connectivity index (χ4n) is 0.907. The number of hydrogen-bond donors (Lipinski definition) is 1. The third-order valence-electron chi connectivity index (χ3n) is 1.51. The number of carbonyl (C=O) groups excluding carboxylic acids is 1. The van der Waals surface area contributed by atoms with Crippen molar-refractivity contribution in [2.75, 3.05) is 0 Å². The Morgan fingerprint density at radius 2 is 2.00 bits per heavy atom. The summed E-state index contributed by atoms with van der Waals surface area (Å²) in [5, 5.41) is 10.2. The van der Waals surface area contributed by atoms with Gasteiger partial charge in [0.25, 0.3) is 6.04 Å². The van der Waals surface area contributed by atoms with Crippen LogP contribution in [0.15, 0.2) is 0 Å². The fraction of sp³-hybridized carbons (Fsp3) is 0.857. The van der Waals surface area contributed by atoms with Crippen molar-refractivity contribution in [2.24, 2.45) is 0 Å². The molecule has 5 heteroatoms. The summed E-state index contributed by atoms with van der Waals surface area (Å²) in [6.45, 7) is 3.49. The minimum absolute atomic E-state index is 0. The maximum atomic E-state index is 11.0. The molecule has 0 radical (unpaired) electrons. The lowest BCUT2D eigenvalue weighted by molar-refractivity contribution is -0.507. The van der Waals surface area contributed by atoms with E-state index in [0.717, 1.165) is 0 Å². The highest BCUT2D eigenvalue weighted by atomic mass is 16.6. The molecule has 1 unspecified atom stereocenters.